The Labute approximate surface area is 122 Å². The number of rotatable bonds is 4. The van der Waals surface area contributed by atoms with E-state index in [0.717, 1.165) is 0 Å². The smallest absolute Gasteiger partial charge is 0.246 e. The lowest BCUT2D eigenvalue weighted by atomic mass is 10.2. The van der Waals surface area contributed by atoms with E-state index < -0.39 is 6.04 Å². The molecule has 0 aliphatic rings. The minimum atomic E-state index is -0.526. The molecule has 21 heavy (non-hydrogen) atoms. The second-order valence-electron chi connectivity index (χ2n) is 4.52. The third-order valence-corrected chi connectivity index (χ3v) is 2.93. The van der Waals surface area contributed by atoms with E-state index in [1.54, 1.807) is 43.3 Å². The number of hydrogen-bond acceptors (Lipinski definition) is 3. The molecule has 106 valence electrons. The molecular formula is C16H14FN3O. The summed E-state index contributed by atoms with van der Waals surface area (Å²) in [6.45, 7) is 1.69. The Morgan fingerprint density at radius 3 is 2.52 bits per heavy atom. The van der Waals surface area contributed by atoms with E-state index in [0.29, 0.717) is 16.9 Å². The summed E-state index contributed by atoms with van der Waals surface area (Å²) >= 11 is 0. The van der Waals surface area contributed by atoms with Gasteiger partial charge in [0.25, 0.3) is 0 Å². The fourth-order valence-electron chi connectivity index (χ4n) is 1.79. The summed E-state index contributed by atoms with van der Waals surface area (Å²) in [5, 5.41) is 14.6. The van der Waals surface area contributed by atoms with Crippen molar-refractivity contribution in [3.63, 3.8) is 0 Å². The molecule has 2 aromatic rings. The van der Waals surface area contributed by atoms with Crippen LogP contribution in [0.5, 0.6) is 0 Å². The lowest BCUT2D eigenvalue weighted by Crippen LogP contribution is -2.32. The number of carbonyl (C=O) groups is 1. The van der Waals surface area contributed by atoms with Gasteiger partial charge in [0.2, 0.25) is 5.91 Å². The maximum absolute atomic E-state index is 12.8. The molecule has 0 aliphatic carbocycles. The summed E-state index contributed by atoms with van der Waals surface area (Å²) in [4.78, 5) is 12.1. The molecule has 0 bridgehead atoms. The second-order valence-corrected chi connectivity index (χ2v) is 4.52. The number of nitriles is 1. The van der Waals surface area contributed by atoms with Gasteiger partial charge >= 0.3 is 0 Å². The molecule has 0 aromatic heterocycles. The number of benzene rings is 2. The summed E-state index contributed by atoms with van der Waals surface area (Å²) < 4.78 is 12.8. The lowest BCUT2D eigenvalue weighted by molar-refractivity contribution is -0.116. The monoisotopic (exact) mass is 283 g/mol. The first-order valence-corrected chi connectivity index (χ1v) is 6.42. The Morgan fingerprint density at radius 2 is 1.86 bits per heavy atom. The number of hydrogen-bond donors (Lipinski definition) is 2. The van der Waals surface area contributed by atoms with Crippen molar-refractivity contribution in [1.29, 1.82) is 5.26 Å². The van der Waals surface area contributed by atoms with Crippen LogP contribution in [-0.2, 0) is 4.79 Å². The molecule has 0 spiro atoms. The molecule has 0 heterocycles. The largest absolute Gasteiger partial charge is 0.374 e. The highest BCUT2D eigenvalue weighted by molar-refractivity contribution is 5.97. The summed E-state index contributed by atoms with van der Waals surface area (Å²) in [5.74, 6) is -0.609. The van der Waals surface area contributed by atoms with Crippen LogP contribution in [0.3, 0.4) is 0 Å². The average molecular weight is 283 g/mol. The van der Waals surface area contributed by atoms with Crippen molar-refractivity contribution in [3.8, 4) is 6.07 Å². The third-order valence-electron chi connectivity index (χ3n) is 2.93. The number of para-hydroxylation sites is 1. The first-order valence-electron chi connectivity index (χ1n) is 6.42. The van der Waals surface area contributed by atoms with Crippen molar-refractivity contribution < 1.29 is 9.18 Å². The van der Waals surface area contributed by atoms with Crippen molar-refractivity contribution in [2.75, 3.05) is 10.6 Å². The van der Waals surface area contributed by atoms with Gasteiger partial charge in [-0.3, -0.25) is 4.79 Å². The van der Waals surface area contributed by atoms with Crippen LogP contribution in [0, 0.1) is 17.1 Å². The highest BCUT2D eigenvalue weighted by Crippen LogP contribution is 2.15. The molecule has 0 aliphatic heterocycles. The topological polar surface area (TPSA) is 64.9 Å². The van der Waals surface area contributed by atoms with Crippen LogP contribution in [0.15, 0.2) is 48.5 Å². The maximum atomic E-state index is 12.8. The molecular weight excluding hydrogens is 269 g/mol. The molecule has 5 heteroatoms. The Balaban J connectivity index is 2.03. The first kappa shape index (κ1) is 14.5. The van der Waals surface area contributed by atoms with Crippen LogP contribution >= 0.6 is 0 Å². The van der Waals surface area contributed by atoms with Gasteiger partial charge in [0.05, 0.1) is 11.3 Å². The predicted octanol–water partition coefficient (Wildman–Crippen LogP) is 3.14. The fraction of sp³-hybridized carbons (Fsp3) is 0.125. The Hall–Kier alpha value is -2.87. The van der Waals surface area contributed by atoms with Crippen molar-refractivity contribution in [2.24, 2.45) is 0 Å². The van der Waals surface area contributed by atoms with Gasteiger partial charge in [-0.05, 0) is 43.3 Å². The predicted molar refractivity (Wildman–Crippen MR) is 79.3 cm³/mol. The van der Waals surface area contributed by atoms with Gasteiger partial charge in [-0.25, -0.2) is 4.39 Å². The van der Waals surface area contributed by atoms with Gasteiger partial charge in [0.15, 0.2) is 0 Å². The summed E-state index contributed by atoms with van der Waals surface area (Å²) in [6, 6.07) is 14.0. The minimum Gasteiger partial charge on any atom is -0.374 e. The molecule has 2 rings (SSSR count). The summed E-state index contributed by atoms with van der Waals surface area (Å²) in [6.07, 6.45) is 0. The SMILES string of the molecule is C[C@@H](Nc1ccc(F)cc1)C(=O)Nc1ccccc1C#N. The second kappa shape index (κ2) is 6.53. The zero-order chi connectivity index (χ0) is 15.2. The van der Waals surface area contributed by atoms with Crippen molar-refractivity contribution in [2.45, 2.75) is 13.0 Å². The van der Waals surface area contributed by atoms with Crippen LogP contribution in [0.25, 0.3) is 0 Å². The van der Waals surface area contributed by atoms with Gasteiger partial charge in [-0.2, -0.15) is 5.26 Å². The Kier molecular flexibility index (Phi) is 4.52. The Bertz CT molecular complexity index is 677. The van der Waals surface area contributed by atoms with Gasteiger partial charge in [0.1, 0.15) is 17.9 Å². The molecule has 2 N–H and O–H groups in total. The van der Waals surface area contributed by atoms with Gasteiger partial charge in [-0.15, -0.1) is 0 Å². The van der Waals surface area contributed by atoms with E-state index in [4.69, 9.17) is 5.26 Å². The average Bonchev–Trinajstić information content (AvgIpc) is 2.50. The van der Waals surface area contributed by atoms with Gasteiger partial charge in [0, 0.05) is 5.69 Å². The summed E-state index contributed by atoms with van der Waals surface area (Å²) in [7, 11) is 0. The van der Waals surface area contributed by atoms with Crippen molar-refractivity contribution in [3.05, 3.63) is 59.9 Å². The van der Waals surface area contributed by atoms with E-state index in [1.165, 1.54) is 12.1 Å². The number of nitrogens with one attached hydrogen (secondary N) is 2. The zero-order valence-electron chi connectivity index (χ0n) is 11.4. The zero-order valence-corrected chi connectivity index (χ0v) is 11.4. The number of nitrogens with zero attached hydrogens (tertiary/aromatic N) is 1. The molecule has 4 nitrogen and oxygen atoms in total. The number of halogens is 1. The molecule has 2 aromatic carbocycles. The van der Waals surface area contributed by atoms with Crippen LogP contribution in [-0.4, -0.2) is 11.9 Å². The van der Waals surface area contributed by atoms with E-state index in [9.17, 15) is 9.18 Å². The normalized spacial score (nSPS) is 11.3. The molecule has 0 saturated carbocycles. The molecule has 0 saturated heterocycles. The van der Waals surface area contributed by atoms with Crippen LogP contribution < -0.4 is 10.6 Å². The Morgan fingerprint density at radius 1 is 1.19 bits per heavy atom. The van der Waals surface area contributed by atoms with Crippen molar-refractivity contribution in [1.82, 2.24) is 0 Å². The van der Waals surface area contributed by atoms with Crippen LogP contribution in [0.2, 0.25) is 0 Å². The van der Waals surface area contributed by atoms with Crippen LogP contribution in [0.4, 0.5) is 15.8 Å². The fourth-order valence-corrected chi connectivity index (χ4v) is 1.79. The number of carbonyl (C=O) groups excluding carboxylic acids is 1. The number of amides is 1. The van der Waals surface area contributed by atoms with E-state index in [2.05, 4.69) is 10.6 Å². The van der Waals surface area contributed by atoms with E-state index >= 15 is 0 Å². The number of anilines is 2. The molecule has 0 unspecified atom stereocenters. The molecule has 0 fully saturated rings. The third kappa shape index (κ3) is 3.80. The van der Waals surface area contributed by atoms with Crippen LogP contribution in [0.1, 0.15) is 12.5 Å². The molecule has 0 radical (unpaired) electrons. The first-order chi connectivity index (χ1) is 10.1. The van der Waals surface area contributed by atoms with E-state index in [1.807, 2.05) is 6.07 Å². The quantitative estimate of drug-likeness (QED) is 0.906. The van der Waals surface area contributed by atoms with Crippen molar-refractivity contribution >= 4 is 17.3 Å². The standard InChI is InChI=1S/C16H14FN3O/c1-11(19-14-8-6-13(17)7-9-14)16(21)20-15-5-3-2-4-12(15)10-18/h2-9,11,19H,1H3,(H,20,21)/t11-/m1/s1. The minimum absolute atomic E-state index is 0.276. The highest BCUT2D eigenvalue weighted by Gasteiger charge is 2.14. The maximum Gasteiger partial charge on any atom is 0.246 e. The summed E-state index contributed by atoms with van der Waals surface area (Å²) in [5.41, 5.74) is 1.52. The van der Waals surface area contributed by atoms with E-state index in [-0.39, 0.29) is 11.7 Å². The molecule has 1 atom stereocenters. The van der Waals surface area contributed by atoms with Gasteiger partial charge < -0.3 is 10.6 Å². The molecule has 1 amide bonds. The van der Waals surface area contributed by atoms with Gasteiger partial charge in [-0.1, -0.05) is 12.1 Å². The lowest BCUT2D eigenvalue weighted by Gasteiger charge is -2.15. The highest BCUT2D eigenvalue weighted by atomic mass is 19.1.